The summed E-state index contributed by atoms with van der Waals surface area (Å²) in [5.41, 5.74) is 5.93. The molecule has 1 aromatic carbocycles. The second kappa shape index (κ2) is 10.1. The molecule has 0 heterocycles. The van der Waals surface area contributed by atoms with Crippen LogP contribution in [-0.2, 0) is 29.4 Å². The molecule has 0 aliphatic heterocycles. The predicted octanol–water partition coefficient (Wildman–Crippen LogP) is 1.51. The molecular formula is C16H23N2O7P. The zero-order chi connectivity index (χ0) is 19.7. The summed E-state index contributed by atoms with van der Waals surface area (Å²) in [5.74, 6) is -2.84. The Bertz CT molecular complexity index is 680. The van der Waals surface area contributed by atoms with E-state index in [9.17, 15) is 18.9 Å². The first-order valence-corrected chi connectivity index (χ1v) is 9.72. The van der Waals surface area contributed by atoms with Crippen molar-refractivity contribution in [2.75, 3.05) is 13.2 Å². The number of amides is 2. The number of carboxylic acid groups (broad SMARTS) is 1. The summed E-state index contributed by atoms with van der Waals surface area (Å²) in [6.07, 6.45) is -0.551. The van der Waals surface area contributed by atoms with Gasteiger partial charge in [0.05, 0.1) is 25.8 Å². The number of carbonyl (C=O) groups excluding carboxylic acids is 2. The van der Waals surface area contributed by atoms with E-state index in [0.29, 0.717) is 5.56 Å². The molecule has 26 heavy (non-hydrogen) atoms. The Hall–Kier alpha value is -2.22. The molecular weight excluding hydrogens is 363 g/mol. The second-order valence-electron chi connectivity index (χ2n) is 5.33. The maximum Gasteiger partial charge on any atom is 0.335 e. The van der Waals surface area contributed by atoms with Crippen LogP contribution in [0, 0.1) is 0 Å². The molecule has 0 saturated carbocycles. The maximum absolute atomic E-state index is 12.5. The highest BCUT2D eigenvalue weighted by atomic mass is 31.2. The minimum absolute atomic E-state index is 0.0551. The fourth-order valence-electron chi connectivity index (χ4n) is 2.15. The number of hydrogen-bond donors (Lipinski definition) is 3. The monoisotopic (exact) mass is 386 g/mol. The lowest BCUT2D eigenvalue weighted by molar-refractivity contribution is -0.139. The number of nitrogens with one attached hydrogen (secondary N) is 1. The number of benzene rings is 1. The van der Waals surface area contributed by atoms with Crippen LogP contribution in [0.5, 0.6) is 0 Å². The number of carbonyl (C=O) groups is 3. The lowest BCUT2D eigenvalue weighted by Gasteiger charge is -2.17. The first-order chi connectivity index (χ1) is 12.2. The summed E-state index contributed by atoms with van der Waals surface area (Å²) >= 11 is 0. The average Bonchev–Trinajstić information content (AvgIpc) is 2.54. The third-order valence-electron chi connectivity index (χ3n) is 3.27. The Labute approximate surface area is 151 Å². The first kappa shape index (κ1) is 21.8. The SMILES string of the molecule is CCOP(=O)(Cc1ccc(C(=O)N[C@H](CC(=O)O)C(N)=O)cc1)OCC. The molecule has 0 aliphatic rings. The standard InChI is InChI=1S/C16H23N2O7P/c1-3-24-26(23,25-4-2)10-11-5-7-12(8-6-11)16(22)18-13(15(17)21)9-14(19)20/h5-8,13H,3-4,9-10H2,1-2H3,(H2,17,21)(H,18,22)(H,19,20)/t13-/m1/s1. The van der Waals surface area contributed by atoms with Gasteiger partial charge in [-0.25, -0.2) is 0 Å². The minimum atomic E-state index is -3.26. The van der Waals surface area contributed by atoms with E-state index in [4.69, 9.17) is 19.9 Å². The highest BCUT2D eigenvalue weighted by molar-refractivity contribution is 7.53. The normalized spacial score (nSPS) is 12.4. The molecule has 1 aromatic rings. The van der Waals surface area contributed by atoms with Crippen molar-refractivity contribution < 1.29 is 33.1 Å². The van der Waals surface area contributed by atoms with Gasteiger partial charge in [0.1, 0.15) is 6.04 Å². The van der Waals surface area contributed by atoms with Crippen molar-refractivity contribution >= 4 is 25.4 Å². The van der Waals surface area contributed by atoms with E-state index < -0.39 is 37.8 Å². The summed E-state index contributed by atoms with van der Waals surface area (Å²) < 4.78 is 22.9. The van der Waals surface area contributed by atoms with Gasteiger partial charge < -0.3 is 25.2 Å². The molecule has 0 fully saturated rings. The van der Waals surface area contributed by atoms with Gasteiger partial charge in [0.2, 0.25) is 5.91 Å². The van der Waals surface area contributed by atoms with Crippen molar-refractivity contribution in [1.82, 2.24) is 5.32 Å². The highest BCUT2D eigenvalue weighted by Gasteiger charge is 2.25. The Morgan fingerprint density at radius 1 is 1.15 bits per heavy atom. The third kappa shape index (κ3) is 6.95. The van der Waals surface area contributed by atoms with Gasteiger partial charge in [-0.15, -0.1) is 0 Å². The molecule has 2 amide bonds. The molecule has 9 nitrogen and oxygen atoms in total. The number of carboxylic acids is 1. The zero-order valence-corrected chi connectivity index (χ0v) is 15.5. The number of rotatable bonds is 11. The molecule has 1 rings (SSSR count). The molecule has 0 unspecified atom stereocenters. The summed E-state index contributed by atoms with van der Waals surface area (Å²) in [6.45, 7) is 3.92. The van der Waals surface area contributed by atoms with Gasteiger partial charge in [0.25, 0.3) is 5.91 Å². The van der Waals surface area contributed by atoms with Crippen LogP contribution >= 0.6 is 7.60 Å². The van der Waals surface area contributed by atoms with Crippen LogP contribution in [0.15, 0.2) is 24.3 Å². The molecule has 10 heteroatoms. The second-order valence-corrected chi connectivity index (χ2v) is 7.38. The summed E-state index contributed by atoms with van der Waals surface area (Å²) in [6, 6.07) is 4.78. The van der Waals surface area contributed by atoms with Gasteiger partial charge in [-0.2, -0.15) is 0 Å². The zero-order valence-electron chi connectivity index (χ0n) is 14.6. The Morgan fingerprint density at radius 3 is 2.12 bits per heavy atom. The van der Waals surface area contributed by atoms with E-state index >= 15 is 0 Å². The number of hydrogen-bond acceptors (Lipinski definition) is 6. The fraction of sp³-hybridized carbons (Fsp3) is 0.438. The minimum Gasteiger partial charge on any atom is -0.481 e. The van der Waals surface area contributed by atoms with E-state index in [2.05, 4.69) is 5.32 Å². The van der Waals surface area contributed by atoms with Gasteiger partial charge in [0, 0.05) is 5.56 Å². The van der Waals surface area contributed by atoms with Gasteiger partial charge in [-0.3, -0.25) is 18.9 Å². The van der Waals surface area contributed by atoms with Crippen molar-refractivity contribution in [1.29, 1.82) is 0 Å². The molecule has 0 aliphatic carbocycles. The summed E-state index contributed by atoms with van der Waals surface area (Å²) in [5, 5.41) is 11.0. The number of aliphatic carboxylic acids is 1. The molecule has 0 bridgehead atoms. The van der Waals surface area contributed by atoms with Crippen molar-refractivity contribution in [3.8, 4) is 0 Å². The highest BCUT2D eigenvalue weighted by Crippen LogP contribution is 2.51. The van der Waals surface area contributed by atoms with Crippen LogP contribution in [0.2, 0.25) is 0 Å². The van der Waals surface area contributed by atoms with Crippen LogP contribution in [-0.4, -0.2) is 42.1 Å². The van der Waals surface area contributed by atoms with E-state index in [0.717, 1.165) is 0 Å². The van der Waals surface area contributed by atoms with Crippen LogP contribution in [0.3, 0.4) is 0 Å². The Balaban J connectivity index is 2.82. The Morgan fingerprint density at radius 2 is 1.69 bits per heavy atom. The van der Waals surface area contributed by atoms with Crippen LogP contribution in [0.25, 0.3) is 0 Å². The topological polar surface area (TPSA) is 145 Å². The largest absolute Gasteiger partial charge is 0.481 e. The lowest BCUT2D eigenvalue weighted by atomic mass is 10.1. The third-order valence-corrected chi connectivity index (χ3v) is 5.33. The van der Waals surface area contributed by atoms with Crippen molar-refractivity contribution in [3.05, 3.63) is 35.4 Å². The first-order valence-electron chi connectivity index (χ1n) is 7.99. The van der Waals surface area contributed by atoms with E-state index in [1.54, 1.807) is 26.0 Å². The van der Waals surface area contributed by atoms with E-state index in [-0.39, 0.29) is 24.9 Å². The Kier molecular flexibility index (Phi) is 8.44. The summed E-state index contributed by atoms with van der Waals surface area (Å²) in [4.78, 5) is 34.1. The van der Waals surface area contributed by atoms with Crippen molar-refractivity contribution in [3.63, 3.8) is 0 Å². The van der Waals surface area contributed by atoms with Gasteiger partial charge in [0.15, 0.2) is 0 Å². The van der Waals surface area contributed by atoms with Crippen molar-refractivity contribution in [2.24, 2.45) is 5.73 Å². The molecule has 0 radical (unpaired) electrons. The molecule has 4 N–H and O–H groups in total. The van der Waals surface area contributed by atoms with E-state index in [1.807, 2.05) is 0 Å². The van der Waals surface area contributed by atoms with Gasteiger partial charge >= 0.3 is 13.6 Å². The van der Waals surface area contributed by atoms with Crippen LogP contribution in [0.4, 0.5) is 0 Å². The molecule has 144 valence electrons. The molecule has 0 saturated heterocycles. The van der Waals surface area contributed by atoms with Crippen LogP contribution < -0.4 is 11.1 Å². The maximum atomic E-state index is 12.5. The number of nitrogens with two attached hydrogens (primary N) is 1. The molecule has 0 aromatic heterocycles. The van der Waals surface area contributed by atoms with E-state index in [1.165, 1.54) is 12.1 Å². The number of primary amides is 1. The van der Waals surface area contributed by atoms with Crippen LogP contribution in [0.1, 0.15) is 36.2 Å². The molecule has 0 spiro atoms. The summed E-state index contributed by atoms with van der Waals surface area (Å²) in [7, 11) is -3.26. The quantitative estimate of drug-likeness (QED) is 0.489. The van der Waals surface area contributed by atoms with Crippen molar-refractivity contribution in [2.45, 2.75) is 32.5 Å². The van der Waals surface area contributed by atoms with Gasteiger partial charge in [-0.1, -0.05) is 12.1 Å². The average molecular weight is 386 g/mol. The smallest absolute Gasteiger partial charge is 0.335 e. The molecule has 1 atom stereocenters. The predicted molar refractivity (Wildman–Crippen MR) is 93.7 cm³/mol. The van der Waals surface area contributed by atoms with Gasteiger partial charge in [-0.05, 0) is 31.5 Å². The fourth-order valence-corrected chi connectivity index (χ4v) is 3.85. The lowest BCUT2D eigenvalue weighted by Crippen LogP contribution is -2.45.